The van der Waals surface area contributed by atoms with Gasteiger partial charge in [0.1, 0.15) is 6.10 Å². The van der Waals surface area contributed by atoms with Crippen LogP contribution in [-0.4, -0.2) is 43.4 Å². The van der Waals surface area contributed by atoms with Gasteiger partial charge in [0.2, 0.25) is 0 Å². The van der Waals surface area contributed by atoms with Gasteiger partial charge in [0.25, 0.3) is 0 Å². The van der Waals surface area contributed by atoms with Gasteiger partial charge < -0.3 is 19.3 Å². The Morgan fingerprint density at radius 2 is 2.12 bits per heavy atom. The van der Waals surface area contributed by atoms with E-state index in [2.05, 4.69) is 13.8 Å². The number of aliphatic hydroxyl groups excluding tert-OH is 1. The van der Waals surface area contributed by atoms with E-state index in [9.17, 15) is 5.11 Å². The smallest absolute Gasteiger partial charge is 0.186 e. The summed E-state index contributed by atoms with van der Waals surface area (Å²) in [6.07, 6.45) is 2.30. The molecule has 16 heavy (non-hydrogen) atoms. The highest BCUT2D eigenvalue weighted by Crippen LogP contribution is 2.40. The van der Waals surface area contributed by atoms with Crippen LogP contribution in [0.3, 0.4) is 0 Å². The van der Waals surface area contributed by atoms with Crippen LogP contribution in [0.4, 0.5) is 0 Å². The standard InChI is InChI=1S/C12H22O4/c1-4-8(6-13)9-5-7(2)10(15-9)11-12(14-3)16-11/h7-13H,4-6H2,1-3H3/t7-,8-,9+,10+,11+,12+/m1/s1. The van der Waals surface area contributed by atoms with Crippen LogP contribution < -0.4 is 0 Å². The molecule has 0 radical (unpaired) electrons. The first-order valence-corrected chi connectivity index (χ1v) is 6.15. The van der Waals surface area contributed by atoms with Gasteiger partial charge in [0.05, 0.1) is 12.2 Å². The van der Waals surface area contributed by atoms with Gasteiger partial charge in [-0.05, 0) is 18.8 Å². The molecule has 94 valence electrons. The molecule has 2 heterocycles. The highest BCUT2D eigenvalue weighted by atomic mass is 16.8. The molecule has 0 bridgehead atoms. The molecule has 2 aliphatic rings. The zero-order chi connectivity index (χ0) is 11.7. The van der Waals surface area contributed by atoms with Crippen molar-refractivity contribution in [3.63, 3.8) is 0 Å². The van der Waals surface area contributed by atoms with E-state index in [0.717, 1.165) is 12.8 Å². The van der Waals surface area contributed by atoms with Crippen molar-refractivity contribution in [2.24, 2.45) is 11.8 Å². The maximum Gasteiger partial charge on any atom is 0.186 e. The lowest BCUT2D eigenvalue weighted by Gasteiger charge is -2.20. The molecule has 0 unspecified atom stereocenters. The van der Waals surface area contributed by atoms with Crippen LogP contribution in [0.25, 0.3) is 0 Å². The summed E-state index contributed by atoms with van der Waals surface area (Å²) < 4.78 is 16.5. The first-order chi connectivity index (χ1) is 7.71. The van der Waals surface area contributed by atoms with E-state index in [-0.39, 0.29) is 37.1 Å². The van der Waals surface area contributed by atoms with Gasteiger partial charge in [-0.25, -0.2) is 0 Å². The fourth-order valence-corrected chi connectivity index (χ4v) is 2.64. The molecule has 0 aromatic rings. The third-order valence-corrected chi connectivity index (χ3v) is 3.82. The number of hydrogen-bond acceptors (Lipinski definition) is 4. The summed E-state index contributed by atoms with van der Waals surface area (Å²) >= 11 is 0. The first kappa shape index (κ1) is 12.3. The third-order valence-electron chi connectivity index (χ3n) is 3.82. The van der Waals surface area contributed by atoms with Crippen LogP contribution in [-0.2, 0) is 14.2 Å². The van der Waals surface area contributed by atoms with Crippen LogP contribution >= 0.6 is 0 Å². The summed E-state index contributed by atoms with van der Waals surface area (Å²) in [6, 6.07) is 0. The molecule has 0 saturated carbocycles. The van der Waals surface area contributed by atoms with E-state index in [1.165, 1.54) is 0 Å². The molecule has 2 rings (SSSR count). The Morgan fingerprint density at radius 3 is 2.62 bits per heavy atom. The summed E-state index contributed by atoms with van der Waals surface area (Å²) in [7, 11) is 1.66. The Kier molecular flexibility index (Phi) is 3.85. The molecular weight excluding hydrogens is 208 g/mol. The number of hydrogen-bond donors (Lipinski definition) is 1. The van der Waals surface area contributed by atoms with Crippen LogP contribution in [0.15, 0.2) is 0 Å². The summed E-state index contributed by atoms with van der Waals surface area (Å²) in [5.41, 5.74) is 0. The second-order valence-corrected chi connectivity index (χ2v) is 4.91. The number of ether oxygens (including phenoxy) is 3. The highest BCUT2D eigenvalue weighted by Gasteiger charge is 2.52. The Labute approximate surface area is 96.9 Å². The molecular formula is C12H22O4. The molecule has 0 aromatic carbocycles. The van der Waals surface area contributed by atoms with Crippen molar-refractivity contribution < 1.29 is 19.3 Å². The zero-order valence-electron chi connectivity index (χ0n) is 10.3. The van der Waals surface area contributed by atoms with Gasteiger partial charge in [0, 0.05) is 19.6 Å². The van der Waals surface area contributed by atoms with Crippen LogP contribution in [0, 0.1) is 11.8 Å². The summed E-state index contributed by atoms with van der Waals surface area (Å²) in [6.45, 7) is 4.48. The molecule has 4 heteroatoms. The average Bonchev–Trinajstić information content (AvgIpc) is 2.97. The second kappa shape index (κ2) is 5.00. The van der Waals surface area contributed by atoms with Gasteiger partial charge in [-0.15, -0.1) is 0 Å². The molecule has 2 saturated heterocycles. The Balaban J connectivity index is 1.89. The molecule has 1 N–H and O–H groups in total. The van der Waals surface area contributed by atoms with Gasteiger partial charge in [-0.2, -0.15) is 0 Å². The van der Waals surface area contributed by atoms with Gasteiger partial charge in [-0.3, -0.25) is 0 Å². The largest absolute Gasteiger partial charge is 0.396 e. The predicted octanol–water partition coefficient (Wildman–Crippen LogP) is 1.17. The SMILES string of the molecule is CC[C@H](CO)[C@@H]1C[C@@H](C)[C@@H]([C@@H]2O[C@@H]2OC)O1. The Hall–Kier alpha value is -0.160. The van der Waals surface area contributed by atoms with Crippen LogP contribution in [0.1, 0.15) is 26.7 Å². The highest BCUT2D eigenvalue weighted by molar-refractivity contribution is 4.94. The Bertz CT molecular complexity index is 229. The Morgan fingerprint density at radius 1 is 1.38 bits per heavy atom. The minimum atomic E-state index is -0.0830. The lowest BCUT2D eigenvalue weighted by Crippen LogP contribution is -2.27. The predicted molar refractivity (Wildman–Crippen MR) is 59.0 cm³/mol. The third kappa shape index (κ3) is 2.25. The molecule has 2 aliphatic heterocycles. The van der Waals surface area contributed by atoms with Crippen molar-refractivity contribution in [2.75, 3.05) is 13.7 Å². The van der Waals surface area contributed by atoms with E-state index in [1.54, 1.807) is 7.11 Å². The quantitative estimate of drug-likeness (QED) is 0.720. The van der Waals surface area contributed by atoms with Gasteiger partial charge in [0.15, 0.2) is 6.29 Å². The molecule has 4 nitrogen and oxygen atoms in total. The molecule has 2 fully saturated rings. The summed E-state index contributed by atoms with van der Waals surface area (Å²) in [4.78, 5) is 0. The average molecular weight is 230 g/mol. The summed E-state index contributed by atoms with van der Waals surface area (Å²) in [5, 5.41) is 9.28. The van der Waals surface area contributed by atoms with E-state index in [1.807, 2.05) is 0 Å². The maximum absolute atomic E-state index is 9.28. The van der Waals surface area contributed by atoms with Gasteiger partial charge >= 0.3 is 0 Å². The van der Waals surface area contributed by atoms with Crippen molar-refractivity contribution in [3.05, 3.63) is 0 Å². The minimum absolute atomic E-state index is 0.0830. The minimum Gasteiger partial charge on any atom is -0.396 e. The van der Waals surface area contributed by atoms with Crippen molar-refractivity contribution in [1.29, 1.82) is 0 Å². The topological polar surface area (TPSA) is 51.2 Å². The van der Waals surface area contributed by atoms with E-state index >= 15 is 0 Å². The second-order valence-electron chi connectivity index (χ2n) is 4.91. The fraction of sp³-hybridized carbons (Fsp3) is 1.00. The lowest BCUT2D eigenvalue weighted by molar-refractivity contribution is -0.0221. The van der Waals surface area contributed by atoms with E-state index in [0.29, 0.717) is 5.92 Å². The van der Waals surface area contributed by atoms with E-state index < -0.39 is 0 Å². The van der Waals surface area contributed by atoms with Crippen LogP contribution in [0.5, 0.6) is 0 Å². The molecule has 0 aromatic heterocycles. The molecule has 0 amide bonds. The lowest BCUT2D eigenvalue weighted by atomic mass is 9.93. The normalized spacial score (nSPS) is 44.6. The van der Waals surface area contributed by atoms with Crippen LogP contribution in [0.2, 0.25) is 0 Å². The van der Waals surface area contributed by atoms with Crippen molar-refractivity contribution in [3.8, 4) is 0 Å². The van der Waals surface area contributed by atoms with Gasteiger partial charge in [-0.1, -0.05) is 13.8 Å². The monoisotopic (exact) mass is 230 g/mol. The number of aliphatic hydroxyl groups is 1. The van der Waals surface area contributed by atoms with Crippen molar-refractivity contribution in [1.82, 2.24) is 0 Å². The summed E-state index contributed by atoms with van der Waals surface area (Å²) in [5.74, 6) is 0.739. The molecule has 0 spiro atoms. The number of methoxy groups -OCH3 is 1. The maximum atomic E-state index is 9.28. The first-order valence-electron chi connectivity index (χ1n) is 6.15. The molecule has 6 atom stereocenters. The molecule has 0 aliphatic carbocycles. The van der Waals surface area contributed by atoms with Crippen molar-refractivity contribution in [2.45, 2.75) is 51.3 Å². The van der Waals surface area contributed by atoms with E-state index in [4.69, 9.17) is 14.2 Å². The fourth-order valence-electron chi connectivity index (χ4n) is 2.64. The zero-order valence-corrected chi connectivity index (χ0v) is 10.3. The number of rotatable bonds is 5. The number of epoxide rings is 1. The van der Waals surface area contributed by atoms with Crippen molar-refractivity contribution >= 4 is 0 Å².